The Morgan fingerprint density at radius 3 is 2.60 bits per heavy atom. The SMILES string of the molecule is CC(CC(N)=O)NC(=O)c1cccc(NN)c1[N+](=O)[O-]. The molecule has 1 aromatic carbocycles. The van der Waals surface area contributed by atoms with Gasteiger partial charge in [-0.1, -0.05) is 6.07 Å². The van der Waals surface area contributed by atoms with Crippen molar-refractivity contribution in [1.29, 1.82) is 0 Å². The van der Waals surface area contributed by atoms with E-state index in [9.17, 15) is 19.7 Å². The summed E-state index contributed by atoms with van der Waals surface area (Å²) in [5.41, 5.74) is 6.60. The second-order valence-electron chi connectivity index (χ2n) is 4.15. The number of amides is 2. The molecule has 9 heteroatoms. The van der Waals surface area contributed by atoms with Gasteiger partial charge in [0.15, 0.2) is 0 Å². The van der Waals surface area contributed by atoms with Crippen molar-refractivity contribution < 1.29 is 14.5 Å². The first-order valence-electron chi connectivity index (χ1n) is 5.70. The number of nitro benzene ring substituents is 1. The van der Waals surface area contributed by atoms with Crippen LogP contribution in [0.3, 0.4) is 0 Å². The molecule has 108 valence electrons. The van der Waals surface area contributed by atoms with Crippen molar-refractivity contribution in [2.24, 2.45) is 11.6 Å². The number of para-hydroxylation sites is 1. The molecule has 0 radical (unpaired) electrons. The first-order valence-corrected chi connectivity index (χ1v) is 5.70. The van der Waals surface area contributed by atoms with Gasteiger partial charge in [-0.05, 0) is 19.1 Å². The highest BCUT2D eigenvalue weighted by Gasteiger charge is 2.25. The Balaban J connectivity index is 3.04. The lowest BCUT2D eigenvalue weighted by Crippen LogP contribution is -2.36. The molecule has 0 aliphatic heterocycles. The van der Waals surface area contributed by atoms with Crippen LogP contribution in [0.15, 0.2) is 18.2 Å². The maximum atomic E-state index is 12.0. The number of carbonyl (C=O) groups is 2. The quantitative estimate of drug-likeness (QED) is 0.323. The van der Waals surface area contributed by atoms with Crippen LogP contribution in [0.25, 0.3) is 0 Å². The molecule has 0 fully saturated rings. The van der Waals surface area contributed by atoms with Crippen LogP contribution in [-0.2, 0) is 4.79 Å². The smallest absolute Gasteiger partial charge is 0.306 e. The molecule has 9 nitrogen and oxygen atoms in total. The number of hydrazine groups is 1. The highest BCUT2D eigenvalue weighted by atomic mass is 16.6. The standard InChI is InChI=1S/C11H15N5O4/c1-6(5-9(12)17)14-11(18)7-3-2-4-8(15-13)10(7)16(19)20/h2-4,6,15H,5,13H2,1H3,(H2,12,17)(H,14,18). The van der Waals surface area contributed by atoms with Gasteiger partial charge in [0.05, 0.1) is 4.92 Å². The van der Waals surface area contributed by atoms with Gasteiger partial charge in [-0.25, -0.2) is 0 Å². The largest absolute Gasteiger partial charge is 0.370 e. The summed E-state index contributed by atoms with van der Waals surface area (Å²) >= 11 is 0. The fraction of sp³-hybridized carbons (Fsp3) is 0.273. The van der Waals surface area contributed by atoms with E-state index in [2.05, 4.69) is 10.7 Å². The van der Waals surface area contributed by atoms with Gasteiger partial charge in [0, 0.05) is 12.5 Å². The third-order valence-corrected chi connectivity index (χ3v) is 2.50. The van der Waals surface area contributed by atoms with Gasteiger partial charge in [-0.15, -0.1) is 0 Å². The van der Waals surface area contributed by atoms with Gasteiger partial charge in [-0.2, -0.15) is 0 Å². The van der Waals surface area contributed by atoms with E-state index in [1.54, 1.807) is 6.92 Å². The average Bonchev–Trinajstić information content (AvgIpc) is 2.36. The third kappa shape index (κ3) is 3.65. The number of anilines is 1. The van der Waals surface area contributed by atoms with Crippen LogP contribution < -0.4 is 22.3 Å². The summed E-state index contributed by atoms with van der Waals surface area (Å²) in [5.74, 6) is 3.92. The van der Waals surface area contributed by atoms with E-state index < -0.39 is 28.5 Å². The molecule has 0 saturated carbocycles. The van der Waals surface area contributed by atoms with Crippen molar-refractivity contribution in [2.45, 2.75) is 19.4 Å². The zero-order valence-electron chi connectivity index (χ0n) is 10.8. The Hall–Kier alpha value is -2.68. The van der Waals surface area contributed by atoms with E-state index in [-0.39, 0.29) is 17.7 Å². The highest BCUT2D eigenvalue weighted by molar-refractivity contribution is 6.00. The lowest BCUT2D eigenvalue weighted by molar-refractivity contribution is -0.384. The molecule has 1 aromatic rings. The minimum Gasteiger partial charge on any atom is -0.370 e. The van der Waals surface area contributed by atoms with Crippen LogP contribution in [-0.4, -0.2) is 22.8 Å². The summed E-state index contributed by atoms with van der Waals surface area (Å²) in [5, 5.41) is 13.5. The van der Waals surface area contributed by atoms with Crippen molar-refractivity contribution in [3.63, 3.8) is 0 Å². The van der Waals surface area contributed by atoms with Gasteiger partial charge in [0.1, 0.15) is 11.3 Å². The molecule has 0 aromatic heterocycles. The monoisotopic (exact) mass is 281 g/mol. The molecule has 0 saturated heterocycles. The maximum absolute atomic E-state index is 12.0. The Morgan fingerprint density at radius 2 is 2.10 bits per heavy atom. The van der Waals surface area contributed by atoms with E-state index >= 15 is 0 Å². The van der Waals surface area contributed by atoms with Gasteiger partial charge >= 0.3 is 5.69 Å². The number of nitrogens with two attached hydrogens (primary N) is 2. The van der Waals surface area contributed by atoms with Crippen molar-refractivity contribution in [3.05, 3.63) is 33.9 Å². The normalized spacial score (nSPS) is 11.5. The summed E-state index contributed by atoms with van der Waals surface area (Å²) in [4.78, 5) is 33.1. The molecule has 0 aliphatic rings. The average molecular weight is 281 g/mol. The second kappa shape index (κ2) is 6.48. The molecule has 6 N–H and O–H groups in total. The fourth-order valence-electron chi connectivity index (χ4n) is 1.69. The number of nitrogens with zero attached hydrogens (tertiary/aromatic N) is 1. The van der Waals surface area contributed by atoms with Crippen LogP contribution in [0.2, 0.25) is 0 Å². The van der Waals surface area contributed by atoms with Crippen LogP contribution in [0.4, 0.5) is 11.4 Å². The summed E-state index contributed by atoms with van der Waals surface area (Å²) in [7, 11) is 0. The zero-order chi connectivity index (χ0) is 15.3. The third-order valence-electron chi connectivity index (χ3n) is 2.50. The molecule has 1 atom stereocenters. The Bertz CT molecular complexity index is 546. The van der Waals surface area contributed by atoms with Crippen LogP contribution in [0.1, 0.15) is 23.7 Å². The van der Waals surface area contributed by atoms with E-state index in [0.717, 1.165) is 0 Å². The van der Waals surface area contributed by atoms with Gasteiger partial charge in [0.25, 0.3) is 5.91 Å². The van der Waals surface area contributed by atoms with Crippen LogP contribution in [0, 0.1) is 10.1 Å². The number of hydrogen-bond donors (Lipinski definition) is 4. The molecular formula is C11H15N5O4. The predicted octanol–water partition coefficient (Wildman–Crippen LogP) is -0.126. The number of nitrogen functional groups attached to an aromatic ring is 1. The zero-order valence-corrected chi connectivity index (χ0v) is 10.8. The molecule has 0 aliphatic carbocycles. The van der Waals surface area contributed by atoms with Crippen molar-refractivity contribution in [2.75, 3.05) is 5.43 Å². The lowest BCUT2D eigenvalue weighted by Gasteiger charge is -2.13. The Kier molecular flexibility index (Phi) is 4.98. The first kappa shape index (κ1) is 15.4. The minimum atomic E-state index is -0.705. The number of benzene rings is 1. The van der Waals surface area contributed by atoms with Crippen LogP contribution >= 0.6 is 0 Å². The van der Waals surface area contributed by atoms with E-state index in [1.807, 2.05) is 0 Å². The van der Waals surface area contributed by atoms with Crippen molar-refractivity contribution in [3.8, 4) is 0 Å². The van der Waals surface area contributed by atoms with Crippen LogP contribution in [0.5, 0.6) is 0 Å². The Morgan fingerprint density at radius 1 is 1.45 bits per heavy atom. The molecular weight excluding hydrogens is 266 g/mol. The van der Waals surface area contributed by atoms with Crippen molar-refractivity contribution in [1.82, 2.24) is 5.32 Å². The van der Waals surface area contributed by atoms with E-state index in [1.165, 1.54) is 18.2 Å². The molecule has 1 rings (SSSR count). The molecule has 0 bridgehead atoms. The molecule has 20 heavy (non-hydrogen) atoms. The second-order valence-corrected chi connectivity index (χ2v) is 4.15. The fourth-order valence-corrected chi connectivity index (χ4v) is 1.69. The number of rotatable bonds is 6. The number of carbonyl (C=O) groups excluding carboxylic acids is 2. The Labute approximate surface area is 114 Å². The first-order chi connectivity index (χ1) is 9.36. The van der Waals surface area contributed by atoms with Gasteiger partial charge < -0.3 is 16.5 Å². The van der Waals surface area contributed by atoms with Gasteiger partial charge in [-0.3, -0.25) is 25.5 Å². The van der Waals surface area contributed by atoms with Crippen molar-refractivity contribution >= 4 is 23.2 Å². The topological polar surface area (TPSA) is 153 Å². The number of primary amides is 1. The maximum Gasteiger partial charge on any atom is 0.306 e. The predicted molar refractivity (Wildman–Crippen MR) is 71.6 cm³/mol. The summed E-state index contributed by atoms with van der Waals surface area (Å²) in [6.07, 6.45) is -0.0611. The van der Waals surface area contributed by atoms with Gasteiger partial charge in [0.2, 0.25) is 5.91 Å². The summed E-state index contributed by atoms with van der Waals surface area (Å²) < 4.78 is 0. The number of nitrogens with one attached hydrogen (secondary N) is 2. The van der Waals surface area contributed by atoms with E-state index in [4.69, 9.17) is 11.6 Å². The molecule has 0 heterocycles. The number of hydrogen-bond acceptors (Lipinski definition) is 6. The summed E-state index contributed by atoms with van der Waals surface area (Å²) in [6.45, 7) is 1.57. The van der Waals surface area contributed by atoms with E-state index in [0.29, 0.717) is 0 Å². The molecule has 1 unspecified atom stereocenters. The number of nitro groups is 1. The molecule has 0 spiro atoms. The minimum absolute atomic E-state index is 0.0187. The summed E-state index contributed by atoms with van der Waals surface area (Å²) in [6, 6.07) is 3.59. The molecule has 2 amide bonds. The lowest BCUT2D eigenvalue weighted by atomic mass is 10.1. The highest BCUT2D eigenvalue weighted by Crippen LogP contribution is 2.27.